The van der Waals surface area contributed by atoms with Crippen molar-refractivity contribution in [2.45, 2.75) is 207 Å². The van der Waals surface area contributed by atoms with Crippen LogP contribution in [0.15, 0.2) is 0 Å². The molecule has 0 saturated carbocycles. The molecule has 0 rings (SSSR count). The summed E-state index contributed by atoms with van der Waals surface area (Å²) in [6, 6.07) is 0. The van der Waals surface area contributed by atoms with Crippen LogP contribution in [0.1, 0.15) is 207 Å². The highest BCUT2D eigenvalue weighted by atomic mass is 32.2. The Morgan fingerprint density at radius 1 is 0.415 bits per heavy atom. The maximum absolute atomic E-state index is 10.9. The number of hydrogen-bond donors (Lipinski definition) is 0. The molecule has 0 saturated heterocycles. The van der Waals surface area contributed by atoms with E-state index in [2.05, 4.69) is 13.8 Å². The van der Waals surface area contributed by atoms with E-state index in [0.717, 1.165) is 12.2 Å². The summed E-state index contributed by atoms with van der Waals surface area (Å²) in [5.74, 6) is 0.780. The zero-order valence-electron chi connectivity index (χ0n) is 28.3. The number of rotatable bonds is 31. The van der Waals surface area contributed by atoms with E-state index < -0.39 is 0 Å². The molecule has 5 heteroatoms. The molecule has 0 amide bonds. The van der Waals surface area contributed by atoms with Crippen LogP contribution in [0.25, 0.3) is 0 Å². The van der Waals surface area contributed by atoms with Crippen LogP contribution in [-0.2, 0) is 18.5 Å². The van der Waals surface area contributed by atoms with Crippen molar-refractivity contribution >= 4 is 24.0 Å². The van der Waals surface area contributed by atoms with Gasteiger partial charge < -0.3 is 8.92 Å². The lowest BCUT2D eigenvalue weighted by Gasteiger charge is -2.04. The van der Waals surface area contributed by atoms with Crippen molar-refractivity contribution in [3.05, 3.63) is 0 Å². The molecule has 0 aromatic rings. The largest absolute Gasteiger partial charge is 0.466 e. The average molecular weight is 601 g/mol. The lowest BCUT2D eigenvalue weighted by atomic mass is 10.0. The van der Waals surface area contributed by atoms with E-state index in [-0.39, 0.29) is 11.9 Å². The number of carbonyl (C=O) groups is 2. The standard InChI is InChI=1S/C21H42O2S.C15H30O2/c1-3-5-6-7-8-9-10-11-12-13-14-15-16-17-18-19-20-24-23-21(22)4-2;1-3-5-6-7-8-9-10-11-12-13-14-17-15(16)4-2/h3-20H2,1-2H3;3-14H2,1-2H3. The van der Waals surface area contributed by atoms with Crippen LogP contribution < -0.4 is 0 Å². The molecule has 0 bridgehead atoms. The van der Waals surface area contributed by atoms with Gasteiger partial charge in [-0.2, -0.15) is 0 Å². The van der Waals surface area contributed by atoms with Gasteiger partial charge in [-0.05, 0) is 12.8 Å². The van der Waals surface area contributed by atoms with Crippen molar-refractivity contribution in [2.24, 2.45) is 0 Å². The summed E-state index contributed by atoms with van der Waals surface area (Å²) in [5, 5.41) is 0. The lowest BCUT2D eigenvalue weighted by Crippen LogP contribution is -2.03. The van der Waals surface area contributed by atoms with Gasteiger partial charge in [0.1, 0.15) is 0 Å². The Hall–Kier alpha value is -0.710. The molecule has 0 atom stereocenters. The number of esters is 1. The van der Waals surface area contributed by atoms with Crippen molar-refractivity contribution in [3.8, 4) is 0 Å². The zero-order valence-corrected chi connectivity index (χ0v) is 29.1. The van der Waals surface area contributed by atoms with E-state index in [9.17, 15) is 9.59 Å². The third-order valence-electron chi connectivity index (χ3n) is 7.57. The molecule has 0 aromatic heterocycles. The van der Waals surface area contributed by atoms with Crippen molar-refractivity contribution in [1.29, 1.82) is 0 Å². The van der Waals surface area contributed by atoms with Crippen molar-refractivity contribution in [2.75, 3.05) is 12.4 Å². The molecule has 0 aliphatic rings. The molecule has 41 heavy (non-hydrogen) atoms. The van der Waals surface area contributed by atoms with Gasteiger partial charge in [0.05, 0.1) is 18.6 Å². The van der Waals surface area contributed by atoms with E-state index in [1.165, 1.54) is 173 Å². The minimum Gasteiger partial charge on any atom is -0.466 e. The normalized spacial score (nSPS) is 10.7. The van der Waals surface area contributed by atoms with Crippen molar-refractivity contribution < 1.29 is 18.5 Å². The van der Waals surface area contributed by atoms with E-state index in [4.69, 9.17) is 8.92 Å². The first kappa shape index (κ1) is 42.4. The Morgan fingerprint density at radius 3 is 1.07 bits per heavy atom. The molecule has 0 fully saturated rings. The van der Waals surface area contributed by atoms with Crippen LogP contribution in [0.3, 0.4) is 0 Å². The Kier molecular flexibility index (Phi) is 40.7. The fraction of sp³-hybridized carbons (Fsp3) is 0.944. The Morgan fingerprint density at radius 2 is 0.732 bits per heavy atom. The van der Waals surface area contributed by atoms with Gasteiger partial charge in [0.2, 0.25) is 0 Å². The molecule has 4 nitrogen and oxygen atoms in total. The van der Waals surface area contributed by atoms with E-state index in [0.29, 0.717) is 19.4 Å². The molecule has 0 N–H and O–H groups in total. The highest BCUT2D eigenvalue weighted by molar-refractivity contribution is 7.95. The Bertz CT molecular complexity index is 512. The molecular weight excluding hydrogens is 528 g/mol. The maximum atomic E-state index is 10.9. The summed E-state index contributed by atoms with van der Waals surface area (Å²) in [5.41, 5.74) is 0. The maximum Gasteiger partial charge on any atom is 0.317 e. The lowest BCUT2D eigenvalue weighted by molar-refractivity contribution is -0.143. The molecule has 0 aliphatic carbocycles. The van der Waals surface area contributed by atoms with Gasteiger partial charge in [0, 0.05) is 18.6 Å². The van der Waals surface area contributed by atoms with Crippen molar-refractivity contribution in [3.63, 3.8) is 0 Å². The number of carbonyl (C=O) groups excluding carboxylic acids is 2. The molecule has 246 valence electrons. The van der Waals surface area contributed by atoms with Gasteiger partial charge in [-0.15, -0.1) is 0 Å². The Labute approximate surface area is 261 Å². The van der Waals surface area contributed by atoms with Crippen LogP contribution in [0.2, 0.25) is 0 Å². The predicted molar refractivity (Wildman–Crippen MR) is 181 cm³/mol. The summed E-state index contributed by atoms with van der Waals surface area (Å²) in [6.07, 6.45) is 36.4. The minimum atomic E-state index is -0.100. The van der Waals surface area contributed by atoms with Gasteiger partial charge in [-0.25, -0.2) is 0 Å². The Balaban J connectivity index is 0. The first-order valence-corrected chi connectivity index (χ1v) is 19.0. The highest BCUT2D eigenvalue weighted by Crippen LogP contribution is 2.15. The third kappa shape index (κ3) is 41.5. The van der Waals surface area contributed by atoms with E-state index >= 15 is 0 Å². The van der Waals surface area contributed by atoms with Crippen LogP contribution in [0.5, 0.6) is 0 Å². The quantitative estimate of drug-likeness (QED) is 0.0450. The molecule has 0 heterocycles. The van der Waals surface area contributed by atoms with Gasteiger partial charge in [0.15, 0.2) is 0 Å². The number of ether oxygens (including phenoxy) is 1. The fourth-order valence-electron chi connectivity index (χ4n) is 4.75. The van der Waals surface area contributed by atoms with Gasteiger partial charge in [-0.3, -0.25) is 9.59 Å². The first-order chi connectivity index (χ1) is 20.1. The van der Waals surface area contributed by atoms with Gasteiger partial charge >= 0.3 is 11.9 Å². The van der Waals surface area contributed by atoms with Crippen LogP contribution in [-0.4, -0.2) is 24.3 Å². The SMILES string of the molecule is CCCCCCCCCCCCCCCCCCSOC(=O)CC.CCCCCCCCCCCCOC(=O)CC. The number of hydrogen-bond acceptors (Lipinski definition) is 5. The molecule has 0 aliphatic heterocycles. The van der Waals surface area contributed by atoms with Crippen LogP contribution in [0.4, 0.5) is 0 Å². The summed E-state index contributed by atoms with van der Waals surface area (Å²) in [4.78, 5) is 21.8. The van der Waals surface area contributed by atoms with Crippen LogP contribution in [0, 0.1) is 0 Å². The topological polar surface area (TPSA) is 52.6 Å². The first-order valence-electron chi connectivity index (χ1n) is 18.1. The third-order valence-corrected chi connectivity index (χ3v) is 8.33. The summed E-state index contributed by atoms with van der Waals surface area (Å²) in [7, 11) is 0. The minimum absolute atomic E-state index is 0.0686. The fourth-order valence-corrected chi connectivity index (χ4v) is 5.41. The average Bonchev–Trinajstić information content (AvgIpc) is 2.99. The van der Waals surface area contributed by atoms with Gasteiger partial charge in [0.25, 0.3) is 0 Å². The molecular formula is C36H72O4S. The molecule has 0 radical (unpaired) electrons. The van der Waals surface area contributed by atoms with Crippen molar-refractivity contribution in [1.82, 2.24) is 0 Å². The smallest absolute Gasteiger partial charge is 0.317 e. The van der Waals surface area contributed by atoms with Gasteiger partial charge in [-0.1, -0.05) is 182 Å². The monoisotopic (exact) mass is 601 g/mol. The second kappa shape index (κ2) is 39.3. The zero-order chi connectivity index (χ0) is 30.5. The highest BCUT2D eigenvalue weighted by Gasteiger charge is 2.00. The summed E-state index contributed by atoms with van der Waals surface area (Å²) < 4.78 is 10.0. The molecule has 0 unspecified atom stereocenters. The summed E-state index contributed by atoms with van der Waals surface area (Å²) in [6.45, 7) is 8.82. The van der Waals surface area contributed by atoms with E-state index in [1.54, 1.807) is 0 Å². The van der Waals surface area contributed by atoms with E-state index in [1.807, 2.05) is 13.8 Å². The molecule has 0 spiro atoms. The molecule has 0 aromatic carbocycles. The second-order valence-corrected chi connectivity index (χ2v) is 12.5. The summed E-state index contributed by atoms with van der Waals surface area (Å²) >= 11 is 1.32. The number of unbranched alkanes of at least 4 members (excludes halogenated alkanes) is 24. The second-order valence-electron chi connectivity index (χ2n) is 11.7. The van der Waals surface area contributed by atoms with Crippen LogP contribution >= 0.6 is 12.0 Å². The predicted octanol–water partition coefficient (Wildman–Crippen LogP) is 12.7.